The van der Waals surface area contributed by atoms with E-state index in [1.807, 2.05) is 18.2 Å². The second kappa shape index (κ2) is 7.27. The van der Waals surface area contributed by atoms with E-state index < -0.39 is 0 Å². The molecule has 1 N–H and O–H groups in total. The van der Waals surface area contributed by atoms with Crippen molar-refractivity contribution in [3.05, 3.63) is 71.5 Å². The molecule has 0 saturated carbocycles. The normalized spacial score (nSPS) is 10.7. The number of terminal acetylenes is 1. The highest BCUT2D eigenvalue weighted by Gasteiger charge is 2.09. The number of pyridine rings is 1. The lowest BCUT2D eigenvalue weighted by atomic mass is 10.2. The van der Waals surface area contributed by atoms with Crippen molar-refractivity contribution < 1.29 is 4.39 Å². The summed E-state index contributed by atoms with van der Waals surface area (Å²) in [5, 5.41) is 4.85. The lowest BCUT2D eigenvalue weighted by Gasteiger charge is -2.09. The molecule has 5 nitrogen and oxygen atoms in total. The fourth-order valence-corrected chi connectivity index (χ4v) is 3.26. The average molecular weight is 396 g/mol. The first-order chi connectivity index (χ1) is 13.1. The van der Waals surface area contributed by atoms with Crippen LogP contribution in [0.2, 0.25) is 5.15 Å². The van der Waals surface area contributed by atoms with Crippen LogP contribution in [0.15, 0.2) is 59.8 Å². The molecule has 0 saturated heterocycles. The molecule has 0 spiro atoms. The van der Waals surface area contributed by atoms with Crippen LogP contribution in [-0.2, 0) is 0 Å². The van der Waals surface area contributed by atoms with Gasteiger partial charge in [-0.25, -0.2) is 18.9 Å². The quantitative estimate of drug-likeness (QED) is 0.309. The van der Waals surface area contributed by atoms with Crippen LogP contribution < -0.4 is 4.72 Å². The van der Waals surface area contributed by atoms with Gasteiger partial charge >= 0.3 is 0 Å². The van der Waals surface area contributed by atoms with Gasteiger partial charge in [-0.15, -0.1) is 6.42 Å². The van der Waals surface area contributed by atoms with E-state index in [1.165, 1.54) is 24.1 Å². The molecule has 4 aromatic rings. The molecular weight excluding hydrogens is 385 g/mol. The minimum atomic E-state index is -0.284. The van der Waals surface area contributed by atoms with Crippen molar-refractivity contribution >= 4 is 34.9 Å². The van der Waals surface area contributed by atoms with Crippen molar-refractivity contribution in [2.75, 3.05) is 4.72 Å². The van der Waals surface area contributed by atoms with Crippen LogP contribution in [0.4, 0.5) is 10.1 Å². The maximum atomic E-state index is 13.0. The maximum absolute atomic E-state index is 13.0. The van der Waals surface area contributed by atoms with E-state index in [0.29, 0.717) is 27.9 Å². The van der Waals surface area contributed by atoms with E-state index in [2.05, 4.69) is 25.7 Å². The van der Waals surface area contributed by atoms with E-state index in [9.17, 15) is 4.39 Å². The number of anilines is 1. The van der Waals surface area contributed by atoms with Gasteiger partial charge in [0.2, 0.25) is 0 Å². The van der Waals surface area contributed by atoms with Crippen molar-refractivity contribution in [1.82, 2.24) is 19.6 Å². The zero-order chi connectivity index (χ0) is 18.8. The topological polar surface area (TPSA) is 55.1 Å². The van der Waals surface area contributed by atoms with E-state index in [-0.39, 0.29) is 5.82 Å². The number of hydrogen-bond acceptors (Lipinski definition) is 5. The first-order valence-corrected chi connectivity index (χ1v) is 8.99. The number of fused-ring (bicyclic) bond motifs is 1. The van der Waals surface area contributed by atoms with Crippen molar-refractivity contribution in [1.29, 1.82) is 0 Å². The second-order valence-corrected chi connectivity index (χ2v) is 6.73. The highest BCUT2D eigenvalue weighted by atomic mass is 35.5. The summed E-state index contributed by atoms with van der Waals surface area (Å²) in [6, 6.07) is 11.7. The van der Waals surface area contributed by atoms with E-state index in [1.54, 1.807) is 29.0 Å². The molecule has 132 valence electrons. The number of rotatable bonds is 4. The lowest BCUT2D eigenvalue weighted by Crippen LogP contribution is -1.98. The van der Waals surface area contributed by atoms with Gasteiger partial charge in [0.15, 0.2) is 10.8 Å². The Hall–Kier alpha value is -3.08. The third-order valence-electron chi connectivity index (χ3n) is 3.74. The Morgan fingerprint density at radius 2 is 1.93 bits per heavy atom. The van der Waals surface area contributed by atoms with Crippen LogP contribution in [0.1, 0.15) is 5.69 Å². The molecule has 8 heteroatoms. The number of nitrogens with one attached hydrogen (secondary N) is 1. The number of aromatic nitrogens is 4. The average Bonchev–Trinajstić information content (AvgIpc) is 3.11. The molecule has 0 aliphatic carbocycles. The highest BCUT2D eigenvalue weighted by molar-refractivity contribution is 8.00. The van der Waals surface area contributed by atoms with Gasteiger partial charge in [-0.05, 0) is 60.3 Å². The summed E-state index contributed by atoms with van der Waals surface area (Å²) < 4.78 is 17.7. The molecule has 0 fully saturated rings. The minimum Gasteiger partial charge on any atom is -0.323 e. The summed E-state index contributed by atoms with van der Waals surface area (Å²) in [5.74, 6) is 2.27. The first kappa shape index (κ1) is 17.3. The van der Waals surface area contributed by atoms with Gasteiger partial charge in [0, 0.05) is 16.7 Å². The Balaban J connectivity index is 1.63. The number of benzene rings is 1. The highest BCUT2D eigenvalue weighted by Crippen LogP contribution is 2.30. The van der Waals surface area contributed by atoms with Gasteiger partial charge in [0.25, 0.3) is 0 Å². The molecular formula is C19H11ClFN5S. The Labute approximate surface area is 163 Å². The third-order valence-corrected chi connectivity index (χ3v) is 4.87. The Morgan fingerprint density at radius 1 is 1.11 bits per heavy atom. The van der Waals surface area contributed by atoms with Gasteiger partial charge in [0.05, 0.1) is 17.6 Å². The number of halogens is 2. The summed E-state index contributed by atoms with van der Waals surface area (Å²) in [5.41, 5.74) is 3.29. The third kappa shape index (κ3) is 3.58. The zero-order valence-corrected chi connectivity index (χ0v) is 15.3. The van der Waals surface area contributed by atoms with Crippen molar-refractivity contribution in [3.63, 3.8) is 0 Å². The van der Waals surface area contributed by atoms with E-state index in [4.69, 9.17) is 18.0 Å². The van der Waals surface area contributed by atoms with Crippen LogP contribution >= 0.6 is 23.5 Å². The van der Waals surface area contributed by atoms with Crippen molar-refractivity contribution in [2.45, 2.75) is 4.90 Å². The largest absolute Gasteiger partial charge is 0.323 e. The van der Waals surface area contributed by atoms with Gasteiger partial charge in [-0.3, -0.25) is 0 Å². The van der Waals surface area contributed by atoms with E-state index in [0.717, 1.165) is 10.5 Å². The van der Waals surface area contributed by atoms with Crippen LogP contribution in [0, 0.1) is 18.2 Å². The maximum Gasteiger partial charge on any atom is 0.154 e. The lowest BCUT2D eigenvalue weighted by molar-refractivity contribution is 0.626. The van der Waals surface area contributed by atoms with E-state index >= 15 is 0 Å². The molecule has 0 aliphatic heterocycles. The van der Waals surface area contributed by atoms with Crippen LogP contribution in [0.5, 0.6) is 0 Å². The van der Waals surface area contributed by atoms with Crippen LogP contribution in [0.3, 0.4) is 0 Å². The summed E-state index contributed by atoms with van der Waals surface area (Å²) in [7, 11) is 0. The smallest absolute Gasteiger partial charge is 0.154 e. The molecule has 27 heavy (non-hydrogen) atoms. The van der Waals surface area contributed by atoms with Crippen LogP contribution in [0.25, 0.3) is 16.9 Å². The van der Waals surface area contributed by atoms with Gasteiger partial charge < -0.3 is 4.72 Å². The first-order valence-electron chi connectivity index (χ1n) is 7.80. The van der Waals surface area contributed by atoms with Crippen LogP contribution in [-0.4, -0.2) is 19.6 Å². The van der Waals surface area contributed by atoms with Gasteiger partial charge in [-0.2, -0.15) is 5.10 Å². The summed E-state index contributed by atoms with van der Waals surface area (Å²) in [4.78, 5) is 9.26. The Morgan fingerprint density at radius 3 is 2.70 bits per heavy atom. The molecule has 3 heterocycles. The van der Waals surface area contributed by atoms with Gasteiger partial charge in [0.1, 0.15) is 11.5 Å². The monoisotopic (exact) mass is 395 g/mol. The van der Waals surface area contributed by atoms with Crippen molar-refractivity contribution in [3.8, 4) is 23.6 Å². The predicted octanol–water partition coefficient (Wildman–Crippen LogP) is 4.68. The number of hydrogen-bond donors (Lipinski definition) is 1. The molecule has 1 aromatic carbocycles. The standard InChI is InChI=1S/C19H11ClFN5S/c1-2-14-11-22-18-8-7-16(24-26(14)18)12-9-17(19(20)23-10-12)25-27-15-5-3-13(21)4-6-15/h1,3-11,25H. The molecule has 0 bridgehead atoms. The molecule has 0 radical (unpaired) electrons. The summed E-state index contributed by atoms with van der Waals surface area (Å²) >= 11 is 7.50. The summed E-state index contributed by atoms with van der Waals surface area (Å²) in [6.45, 7) is 0. The van der Waals surface area contributed by atoms with Crippen molar-refractivity contribution in [2.24, 2.45) is 0 Å². The molecule has 4 rings (SSSR count). The fraction of sp³-hybridized carbons (Fsp3) is 0. The molecule has 0 aliphatic rings. The molecule has 0 atom stereocenters. The van der Waals surface area contributed by atoms with Gasteiger partial charge in [-0.1, -0.05) is 11.6 Å². The Bertz CT molecular complexity index is 1170. The summed E-state index contributed by atoms with van der Waals surface area (Å²) in [6.07, 6.45) is 8.71. The SMILES string of the molecule is C#Cc1cnc2ccc(-c3cnc(Cl)c(NSc4ccc(F)cc4)c3)nn12. The molecule has 0 amide bonds. The zero-order valence-electron chi connectivity index (χ0n) is 13.7. The predicted molar refractivity (Wildman–Crippen MR) is 105 cm³/mol. The minimum absolute atomic E-state index is 0.284. The molecule has 3 aromatic heterocycles. The molecule has 0 unspecified atom stereocenters. The fourth-order valence-electron chi connectivity index (χ4n) is 2.40. The number of imidazole rings is 1. The Kier molecular flexibility index (Phi) is 4.67. The number of nitrogens with zero attached hydrogens (tertiary/aromatic N) is 4. The second-order valence-electron chi connectivity index (χ2n) is 5.50.